The first-order valence-electron chi connectivity index (χ1n) is 6.24. The highest BCUT2D eigenvalue weighted by Crippen LogP contribution is 2.30. The molecule has 1 aromatic carbocycles. The van der Waals surface area contributed by atoms with Crippen LogP contribution in [-0.2, 0) is 11.2 Å². The minimum Gasteiger partial charge on any atom is -0.488 e. The van der Waals surface area contributed by atoms with E-state index in [2.05, 4.69) is 12.1 Å². The molecule has 94 valence electrons. The monoisotopic (exact) mass is 235 g/mol. The molecule has 17 heavy (non-hydrogen) atoms. The summed E-state index contributed by atoms with van der Waals surface area (Å²) in [5, 5.41) is 0. The lowest BCUT2D eigenvalue weighted by Gasteiger charge is -2.23. The van der Waals surface area contributed by atoms with E-state index < -0.39 is 0 Å². The van der Waals surface area contributed by atoms with E-state index in [9.17, 15) is 0 Å². The lowest BCUT2D eigenvalue weighted by Crippen LogP contribution is -2.20. The van der Waals surface area contributed by atoms with Crippen LogP contribution in [0.3, 0.4) is 0 Å². The molecule has 1 aromatic rings. The van der Waals surface area contributed by atoms with Gasteiger partial charge >= 0.3 is 0 Å². The molecule has 1 aliphatic carbocycles. The Morgan fingerprint density at radius 1 is 1.47 bits per heavy atom. The third-order valence-corrected chi connectivity index (χ3v) is 3.21. The van der Waals surface area contributed by atoms with Gasteiger partial charge in [-0.2, -0.15) is 0 Å². The van der Waals surface area contributed by atoms with Gasteiger partial charge in [-0.05, 0) is 49.4 Å². The van der Waals surface area contributed by atoms with Crippen LogP contribution in [0.5, 0.6) is 5.75 Å². The molecular weight excluding hydrogens is 214 g/mol. The topological polar surface area (TPSA) is 44.5 Å². The fourth-order valence-electron chi connectivity index (χ4n) is 2.40. The van der Waals surface area contributed by atoms with Crippen LogP contribution >= 0.6 is 0 Å². The van der Waals surface area contributed by atoms with Gasteiger partial charge in [-0.3, -0.25) is 0 Å². The van der Waals surface area contributed by atoms with E-state index in [0.717, 1.165) is 18.6 Å². The Balaban J connectivity index is 2.10. The molecule has 0 radical (unpaired) electrons. The van der Waals surface area contributed by atoms with E-state index in [1.807, 2.05) is 13.0 Å². The molecule has 2 unspecified atom stereocenters. The van der Waals surface area contributed by atoms with Crippen molar-refractivity contribution in [2.45, 2.75) is 38.3 Å². The van der Waals surface area contributed by atoms with Gasteiger partial charge in [-0.25, -0.2) is 0 Å². The van der Waals surface area contributed by atoms with Gasteiger partial charge in [0.15, 0.2) is 0 Å². The van der Waals surface area contributed by atoms with Gasteiger partial charge in [0.2, 0.25) is 0 Å². The third kappa shape index (κ3) is 2.99. The maximum absolute atomic E-state index is 6.08. The highest BCUT2D eigenvalue weighted by molar-refractivity contribution is 5.38. The Bertz CT molecular complexity index is 378. The van der Waals surface area contributed by atoms with Crippen LogP contribution in [0.1, 0.15) is 36.9 Å². The highest BCUT2D eigenvalue weighted by Gasteiger charge is 2.17. The summed E-state index contributed by atoms with van der Waals surface area (Å²) in [6, 6.07) is 6.44. The highest BCUT2D eigenvalue weighted by atomic mass is 16.5. The predicted octanol–water partition coefficient (Wildman–Crippen LogP) is 2.44. The van der Waals surface area contributed by atoms with E-state index in [4.69, 9.17) is 15.2 Å². The Labute approximate surface area is 103 Å². The molecule has 0 saturated heterocycles. The summed E-state index contributed by atoms with van der Waals surface area (Å²) >= 11 is 0. The van der Waals surface area contributed by atoms with E-state index in [1.54, 1.807) is 7.11 Å². The summed E-state index contributed by atoms with van der Waals surface area (Å²) in [5.74, 6) is 0.919. The molecule has 0 heterocycles. The van der Waals surface area contributed by atoms with Crippen LogP contribution in [0.4, 0.5) is 0 Å². The van der Waals surface area contributed by atoms with Gasteiger partial charge in [-0.1, -0.05) is 6.07 Å². The number of rotatable bonds is 4. The molecule has 0 aliphatic heterocycles. The number of aryl methyl sites for hydroxylation is 1. The van der Waals surface area contributed by atoms with Crippen LogP contribution in [0.15, 0.2) is 18.2 Å². The lowest BCUT2D eigenvalue weighted by molar-refractivity contribution is 0.0920. The van der Waals surface area contributed by atoms with Gasteiger partial charge in [-0.15, -0.1) is 0 Å². The zero-order valence-electron chi connectivity index (χ0n) is 10.6. The van der Waals surface area contributed by atoms with Crippen molar-refractivity contribution in [1.29, 1.82) is 0 Å². The van der Waals surface area contributed by atoms with Crippen molar-refractivity contribution >= 4 is 0 Å². The number of methoxy groups -OCH3 is 1. The Kier molecular flexibility index (Phi) is 4.02. The van der Waals surface area contributed by atoms with Crippen molar-refractivity contribution < 1.29 is 9.47 Å². The third-order valence-electron chi connectivity index (χ3n) is 3.21. The number of benzene rings is 1. The summed E-state index contributed by atoms with van der Waals surface area (Å²) in [5.41, 5.74) is 8.70. The van der Waals surface area contributed by atoms with Crippen LogP contribution in [0.25, 0.3) is 0 Å². The quantitative estimate of drug-likeness (QED) is 0.871. The standard InChI is InChI=1S/C14H21NO2/c1-10(9-16-2)17-12-6-7-13-11(8-12)4-3-5-14(13)15/h6-8,10,14H,3-5,9,15H2,1-2H3. The van der Waals surface area contributed by atoms with Gasteiger partial charge in [0.25, 0.3) is 0 Å². The molecule has 0 fully saturated rings. The maximum Gasteiger partial charge on any atom is 0.120 e. The summed E-state index contributed by atoms with van der Waals surface area (Å²) in [6.45, 7) is 2.62. The van der Waals surface area contributed by atoms with Crippen LogP contribution in [0, 0.1) is 0 Å². The normalized spacial score (nSPS) is 20.8. The fraction of sp³-hybridized carbons (Fsp3) is 0.571. The molecule has 0 bridgehead atoms. The lowest BCUT2D eigenvalue weighted by atomic mass is 9.88. The summed E-state index contributed by atoms with van der Waals surface area (Å²) in [7, 11) is 1.69. The molecule has 3 heteroatoms. The second-order valence-electron chi connectivity index (χ2n) is 4.74. The van der Waals surface area contributed by atoms with Crippen molar-refractivity contribution in [1.82, 2.24) is 0 Å². The first-order valence-corrected chi connectivity index (χ1v) is 6.24. The van der Waals surface area contributed by atoms with Gasteiger partial charge in [0.05, 0.1) is 6.61 Å². The summed E-state index contributed by atoms with van der Waals surface area (Å²) < 4.78 is 10.9. The van der Waals surface area contributed by atoms with E-state index in [1.165, 1.54) is 17.5 Å². The molecule has 0 amide bonds. The minimum atomic E-state index is 0.0790. The van der Waals surface area contributed by atoms with Crippen molar-refractivity contribution in [2.75, 3.05) is 13.7 Å². The average molecular weight is 235 g/mol. The number of nitrogens with two attached hydrogens (primary N) is 1. The number of hydrogen-bond donors (Lipinski definition) is 1. The Morgan fingerprint density at radius 3 is 3.06 bits per heavy atom. The van der Waals surface area contributed by atoms with E-state index >= 15 is 0 Å². The summed E-state index contributed by atoms with van der Waals surface area (Å²) in [4.78, 5) is 0. The fourth-order valence-corrected chi connectivity index (χ4v) is 2.40. The first kappa shape index (κ1) is 12.4. The number of hydrogen-bond acceptors (Lipinski definition) is 3. The largest absolute Gasteiger partial charge is 0.488 e. The Morgan fingerprint density at radius 2 is 2.29 bits per heavy atom. The van der Waals surface area contributed by atoms with Gasteiger partial charge in [0.1, 0.15) is 11.9 Å². The molecule has 3 nitrogen and oxygen atoms in total. The number of ether oxygens (including phenoxy) is 2. The van der Waals surface area contributed by atoms with Crippen LogP contribution < -0.4 is 10.5 Å². The second-order valence-corrected chi connectivity index (χ2v) is 4.74. The molecule has 2 atom stereocenters. The predicted molar refractivity (Wildman–Crippen MR) is 68.3 cm³/mol. The van der Waals surface area contributed by atoms with Gasteiger partial charge in [0, 0.05) is 13.2 Å². The second kappa shape index (κ2) is 5.52. The average Bonchev–Trinajstić information content (AvgIpc) is 2.29. The first-order chi connectivity index (χ1) is 8.20. The molecule has 0 saturated carbocycles. The zero-order valence-corrected chi connectivity index (χ0v) is 10.6. The molecule has 2 rings (SSSR count). The Hall–Kier alpha value is -1.06. The molecule has 0 spiro atoms. The smallest absolute Gasteiger partial charge is 0.120 e. The molecule has 1 aliphatic rings. The zero-order chi connectivity index (χ0) is 12.3. The van der Waals surface area contributed by atoms with Crippen LogP contribution in [-0.4, -0.2) is 19.8 Å². The van der Waals surface area contributed by atoms with Crippen molar-refractivity contribution in [3.63, 3.8) is 0 Å². The number of fused-ring (bicyclic) bond motifs is 1. The maximum atomic E-state index is 6.08. The van der Waals surface area contributed by atoms with Crippen LogP contribution in [0.2, 0.25) is 0 Å². The van der Waals surface area contributed by atoms with Crippen molar-refractivity contribution in [3.05, 3.63) is 29.3 Å². The minimum absolute atomic E-state index is 0.0790. The molecule has 0 aromatic heterocycles. The molecule has 2 N–H and O–H groups in total. The van der Waals surface area contributed by atoms with Gasteiger partial charge < -0.3 is 15.2 Å². The summed E-state index contributed by atoms with van der Waals surface area (Å²) in [6.07, 6.45) is 3.45. The molecular formula is C14H21NO2. The van der Waals surface area contributed by atoms with Crippen molar-refractivity contribution in [3.8, 4) is 5.75 Å². The SMILES string of the molecule is COCC(C)Oc1ccc2c(c1)CCCC2N. The van der Waals surface area contributed by atoms with Crippen molar-refractivity contribution in [2.24, 2.45) is 5.73 Å². The van der Waals surface area contributed by atoms with E-state index in [0.29, 0.717) is 6.61 Å². The van der Waals surface area contributed by atoms with E-state index in [-0.39, 0.29) is 12.1 Å².